The van der Waals surface area contributed by atoms with E-state index in [2.05, 4.69) is 167 Å². The summed E-state index contributed by atoms with van der Waals surface area (Å²) in [7, 11) is 0. The van der Waals surface area contributed by atoms with Crippen LogP contribution in [0.15, 0.2) is 206 Å². The number of rotatable bonds is 5. The molecule has 3 aromatic heterocycles. The van der Waals surface area contributed by atoms with Crippen LogP contribution in [0.1, 0.15) is 6.85 Å². The van der Waals surface area contributed by atoms with E-state index < -0.39 is 0 Å². The minimum atomic E-state index is -0.389. The second-order valence-corrected chi connectivity index (χ2v) is 15.6. The van der Waals surface area contributed by atoms with Gasteiger partial charge in [0.1, 0.15) is 0 Å². The topological polar surface area (TPSA) is 9.86 Å². The largest absolute Gasteiger partial charge is 0.309 e. The zero-order valence-electron chi connectivity index (χ0n) is 35.5. The summed E-state index contributed by atoms with van der Waals surface area (Å²) in [6, 6.07) is 61.0. The van der Waals surface area contributed by atoms with Gasteiger partial charge < -0.3 is 9.13 Å². The van der Waals surface area contributed by atoms with Crippen LogP contribution >= 0.6 is 11.3 Å². The van der Waals surface area contributed by atoms with E-state index >= 15 is 0 Å². The molecule has 0 spiro atoms. The first-order chi connectivity index (χ1) is 30.4. The smallest absolute Gasteiger partial charge is 0.0629 e. The molecule has 12 aromatic rings. The molecule has 0 saturated carbocycles. The highest BCUT2D eigenvalue weighted by atomic mass is 32.1. The standard InChI is InChI=1S/C54H34N2S/c1-3-14-35(15-4-1)40-18-7-10-22-47(40)56-49-24-12-9-20-43(49)46-33-38(27-31-51(46)56)37-26-30-50-45(32-37)42-19-8-11-23-48(42)55(50)39-28-29-44-53(34-39)57-52-25-13-21-41(54(44)52)36-16-5-2-6-17-36/h1-34H/i2D,5D,6D,16D,17D. The van der Waals surface area contributed by atoms with Crippen molar-refractivity contribution >= 4 is 75.1 Å². The first kappa shape index (κ1) is 27.4. The van der Waals surface area contributed by atoms with E-state index in [1.54, 1.807) is 11.3 Å². The van der Waals surface area contributed by atoms with Gasteiger partial charge in [-0.15, -0.1) is 11.3 Å². The summed E-state index contributed by atoms with van der Waals surface area (Å²) in [5.74, 6) is 0. The van der Waals surface area contributed by atoms with Gasteiger partial charge in [-0.3, -0.25) is 0 Å². The minimum absolute atomic E-state index is 0.194. The van der Waals surface area contributed by atoms with Crippen LogP contribution in [0.3, 0.4) is 0 Å². The molecule has 0 fully saturated rings. The number of aromatic nitrogens is 2. The number of hydrogen-bond donors (Lipinski definition) is 0. The summed E-state index contributed by atoms with van der Waals surface area (Å²) in [6.07, 6.45) is 0. The Morgan fingerprint density at radius 2 is 0.982 bits per heavy atom. The lowest BCUT2D eigenvalue weighted by atomic mass is 9.99. The third-order valence-corrected chi connectivity index (χ3v) is 12.5. The molecule has 0 aliphatic rings. The van der Waals surface area contributed by atoms with Gasteiger partial charge in [-0.25, -0.2) is 0 Å². The summed E-state index contributed by atoms with van der Waals surface area (Å²) in [5, 5.41) is 6.62. The predicted octanol–water partition coefficient (Wildman–Crippen LogP) is 15.2. The Balaban J connectivity index is 0.999. The molecule has 57 heavy (non-hydrogen) atoms. The van der Waals surface area contributed by atoms with Gasteiger partial charge in [0.2, 0.25) is 0 Å². The molecule has 9 aromatic carbocycles. The van der Waals surface area contributed by atoms with Gasteiger partial charge in [0.15, 0.2) is 0 Å². The van der Waals surface area contributed by atoms with E-state index in [1.165, 1.54) is 32.8 Å². The van der Waals surface area contributed by atoms with Crippen molar-refractivity contribution in [1.29, 1.82) is 0 Å². The number of nitrogens with zero attached hydrogens (tertiary/aromatic N) is 2. The van der Waals surface area contributed by atoms with Crippen LogP contribution in [0.25, 0.3) is 109 Å². The molecule has 0 N–H and O–H groups in total. The Bertz CT molecular complexity index is 3790. The Labute approximate surface area is 340 Å². The Morgan fingerprint density at radius 3 is 1.74 bits per heavy atom. The Kier molecular flexibility index (Phi) is 6.09. The molecule has 0 unspecified atom stereocenters. The molecule has 0 bridgehead atoms. The second kappa shape index (κ2) is 12.7. The average Bonchev–Trinajstić information content (AvgIpc) is 3.97. The molecule has 0 atom stereocenters. The monoisotopic (exact) mass is 747 g/mol. The highest BCUT2D eigenvalue weighted by Gasteiger charge is 2.19. The summed E-state index contributed by atoms with van der Waals surface area (Å²) >= 11 is 1.65. The van der Waals surface area contributed by atoms with E-state index in [0.29, 0.717) is 5.56 Å². The van der Waals surface area contributed by atoms with Crippen molar-refractivity contribution in [2.24, 2.45) is 0 Å². The fourth-order valence-corrected chi connectivity index (χ4v) is 10.1. The van der Waals surface area contributed by atoms with E-state index in [-0.39, 0.29) is 35.8 Å². The molecule has 3 heterocycles. The minimum Gasteiger partial charge on any atom is -0.309 e. The first-order valence-electron chi connectivity index (χ1n) is 21.6. The molecule has 12 rings (SSSR count). The maximum atomic E-state index is 8.72. The van der Waals surface area contributed by atoms with Crippen molar-refractivity contribution < 1.29 is 6.85 Å². The zero-order chi connectivity index (χ0) is 41.8. The number of fused-ring (bicyclic) bond motifs is 9. The van der Waals surface area contributed by atoms with Crippen LogP contribution < -0.4 is 0 Å². The SMILES string of the molecule is [2H]c1c([2H])c([2H])c(-c2cccc3sc4cc(-n5c6ccccc6c6cc(-c7ccc8c(c7)c7ccccc7n8-c7ccccc7-c7ccccc7)ccc65)ccc4c23)c([2H])c1[2H]. The van der Waals surface area contributed by atoms with Crippen molar-refractivity contribution in [2.45, 2.75) is 0 Å². The van der Waals surface area contributed by atoms with Crippen LogP contribution in [0.5, 0.6) is 0 Å². The predicted molar refractivity (Wildman–Crippen MR) is 244 cm³/mol. The molecule has 0 saturated heterocycles. The fraction of sp³-hybridized carbons (Fsp3) is 0. The third kappa shape index (κ3) is 4.96. The van der Waals surface area contributed by atoms with Gasteiger partial charge in [-0.2, -0.15) is 0 Å². The van der Waals surface area contributed by atoms with Gasteiger partial charge in [0.25, 0.3) is 0 Å². The molecule has 0 amide bonds. The highest BCUT2D eigenvalue weighted by Crippen LogP contribution is 2.43. The van der Waals surface area contributed by atoms with Crippen molar-refractivity contribution in [3.05, 3.63) is 206 Å². The van der Waals surface area contributed by atoms with Crippen LogP contribution in [-0.4, -0.2) is 9.13 Å². The molecule has 266 valence electrons. The maximum Gasteiger partial charge on any atom is 0.0629 e. The second-order valence-electron chi connectivity index (χ2n) is 14.5. The zero-order valence-corrected chi connectivity index (χ0v) is 31.4. The molecular formula is C54H34N2S. The quantitative estimate of drug-likeness (QED) is 0.166. The average molecular weight is 748 g/mol. The van der Waals surface area contributed by atoms with Crippen LogP contribution in [0.4, 0.5) is 0 Å². The molecule has 0 aliphatic heterocycles. The lowest BCUT2D eigenvalue weighted by Gasteiger charge is -2.14. The number of para-hydroxylation sites is 3. The van der Waals surface area contributed by atoms with Crippen LogP contribution in [0, 0.1) is 0 Å². The van der Waals surface area contributed by atoms with Crippen molar-refractivity contribution in [3.63, 3.8) is 0 Å². The number of thiophene rings is 1. The van der Waals surface area contributed by atoms with Gasteiger partial charge in [-0.1, -0.05) is 145 Å². The van der Waals surface area contributed by atoms with Crippen molar-refractivity contribution in [3.8, 4) is 44.8 Å². The molecular weight excluding hydrogens is 709 g/mol. The number of hydrogen-bond acceptors (Lipinski definition) is 1. The molecule has 0 aliphatic carbocycles. The van der Waals surface area contributed by atoms with E-state index in [9.17, 15) is 0 Å². The lowest BCUT2D eigenvalue weighted by molar-refractivity contribution is 1.18. The molecule has 3 heteroatoms. The van der Waals surface area contributed by atoms with Gasteiger partial charge >= 0.3 is 0 Å². The normalized spacial score (nSPS) is 13.1. The third-order valence-electron chi connectivity index (χ3n) is 11.4. The Morgan fingerprint density at radius 1 is 0.368 bits per heavy atom. The Hall–Kier alpha value is -7.20. The van der Waals surface area contributed by atoms with Gasteiger partial charge in [0, 0.05) is 53.0 Å². The highest BCUT2D eigenvalue weighted by molar-refractivity contribution is 7.26. The summed E-state index contributed by atoms with van der Waals surface area (Å²) < 4.78 is 49.0. The van der Waals surface area contributed by atoms with E-state index in [4.69, 9.17) is 6.85 Å². The summed E-state index contributed by atoms with van der Waals surface area (Å²) in [5.41, 5.74) is 12.2. The summed E-state index contributed by atoms with van der Waals surface area (Å²) in [6.45, 7) is 0. The van der Waals surface area contributed by atoms with E-state index in [1.807, 2.05) is 18.2 Å². The maximum absolute atomic E-state index is 8.72. The molecule has 0 radical (unpaired) electrons. The summed E-state index contributed by atoms with van der Waals surface area (Å²) in [4.78, 5) is 0. The van der Waals surface area contributed by atoms with Gasteiger partial charge in [0.05, 0.1) is 34.6 Å². The molecule has 2 nitrogen and oxygen atoms in total. The lowest BCUT2D eigenvalue weighted by Crippen LogP contribution is -1.97. The van der Waals surface area contributed by atoms with Crippen molar-refractivity contribution in [2.75, 3.05) is 0 Å². The van der Waals surface area contributed by atoms with E-state index in [0.717, 1.165) is 64.6 Å². The van der Waals surface area contributed by atoms with Gasteiger partial charge in [-0.05, 0) is 88.5 Å². The number of benzene rings is 9. The first-order valence-corrected chi connectivity index (χ1v) is 19.9. The fourth-order valence-electron chi connectivity index (χ4n) is 8.92. The van der Waals surface area contributed by atoms with Crippen LogP contribution in [-0.2, 0) is 0 Å². The van der Waals surface area contributed by atoms with Crippen molar-refractivity contribution in [1.82, 2.24) is 9.13 Å². The van der Waals surface area contributed by atoms with Crippen LogP contribution in [0.2, 0.25) is 0 Å².